The number of aromatic hydroxyl groups is 3. The maximum Gasteiger partial charge on any atom is 0.119 e. The van der Waals surface area contributed by atoms with Gasteiger partial charge >= 0.3 is 0 Å². The first-order valence-electron chi connectivity index (χ1n) is 14.3. The summed E-state index contributed by atoms with van der Waals surface area (Å²) in [6.45, 7) is 27.3. The van der Waals surface area contributed by atoms with Crippen LogP contribution in [0, 0.1) is 20.8 Å². The average Bonchev–Trinajstić information content (AvgIpc) is 2.75. The molecule has 40 heavy (non-hydrogen) atoms. The number of aryl methyl sites for hydroxylation is 3. The standard InChI is InChI=1S/C37H50O3/c1-14-15-37(25-19-28(34(5,6)7)31(38)16-22(25)2,26-20-29(35(8,9)10)32(39)17-23(26)3)27-21-30(36(11,12)13)33(40)18-24(27)4/h14-21,38-40H,1-13H3. The van der Waals surface area contributed by atoms with Gasteiger partial charge in [-0.3, -0.25) is 0 Å². The largest absolute Gasteiger partial charge is 0.508 e. The molecule has 0 unspecified atom stereocenters. The van der Waals surface area contributed by atoms with Crippen molar-refractivity contribution in [1.82, 2.24) is 0 Å². The van der Waals surface area contributed by atoms with Gasteiger partial charge in [0.2, 0.25) is 0 Å². The molecule has 0 aliphatic heterocycles. The minimum atomic E-state index is -0.762. The molecule has 0 spiro atoms. The van der Waals surface area contributed by atoms with Gasteiger partial charge in [-0.25, -0.2) is 0 Å². The highest BCUT2D eigenvalue weighted by molar-refractivity contribution is 5.66. The first-order valence-corrected chi connectivity index (χ1v) is 14.3. The summed E-state index contributed by atoms with van der Waals surface area (Å²) >= 11 is 0. The Morgan fingerprint density at radius 1 is 0.450 bits per heavy atom. The second kappa shape index (κ2) is 10.3. The summed E-state index contributed by atoms with van der Waals surface area (Å²) in [6.07, 6.45) is 4.34. The maximum atomic E-state index is 11.1. The first kappa shape index (κ1) is 31.3. The zero-order valence-electron chi connectivity index (χ0n) is 27.0. The van der Waals surface area contributed by atoms with Gasteiger partial charge in [-0.15, -0.1) is 0 Å². The summed E-state index contributed by atoms with van der Waals surface area (Å²) in [5.41, 5.74) is 7.13. The zero-order valence-corrected chi connectivity index (χ0v) is 27.0. The predicted molar refractivity (Wildman–Crippen MR) is 169 cm³/mol. The normalized spacial score (nSPS) is 13.3. The van der Waals surface area contributed by atoms with E-state index >= 15 is 0 Å². The fourth-order valence-electron chi connectivity index (χ4n) is 6.11. The van der Waals surface area contributed by atoms with Crippen molar-refractivity contribution in [2.24, 2.45) is 0 Å². The zero-order chi connectivity index (χ0) is 30.6. The highest BCUT2D eigenvalue weighted by atomic mass is 16.3. The Labute approximate surface area is 242 Å². The molecular weight excluding hydrogens is 492 g/mol. The molecule has 3 nitrogen and oxygen atoms in total. The van der Waals surface area contributed by atoms with Gasteiger partial charge in [0.25, 0.3) is 0 Å². The van der Waals surface area contributed by atoms with Gasteiger partial charge < -0.3 is 15.3 Å². The molecule has 0 saturated carbocycles. The number of phenolic OH excluding ortho intramolecular Hbond substituents is 3. The Morgan fingerprint density at radius 3 is 0.900 bits per heavy atom. The van der Waals surface area contributed by atoms with E-state index < -0.39 is 5.41 Å². The predicted octanol–water partition coefficient (Wildman–Crippen LogP) is 9.53. The van der Waals surface area contributed by atoms with Crippen molar-refractivity contribution < 1.29 is 15.3 Å². The van der Waals surface area contributed by atoms with Gasteiger partial charge in [0.1, 0.15) is 17.2 Å². The van der Waals surface area contributed by atoms with Crippen LogP contribution in [-0.2, 0) is 21.7 Å². The monoisotopic (exact) mass is 542 g/mol. The van der Waals surface area contributed by atoms with Gasteiger partial charge in [-0.2, -0.15) is 0 Å². The molecule has 3 N–H and O–H groups in total. The summed E-state index contributed by atoms with van der Waals surface area (Å²) in [7, 11) is 0. The van der Waals surface area contributed by atoms with Crippen molar-refractivity contribution >= 4 is 0 Å². The van der Waals surface area contributed by atoms with Crippen LogP contribution in [0.2, 0.25) is 0 Å². The van der Waals surface area contributed by atoms with Crippen LogP contribution in [0.25, 0.3) is 0 Å². The average molecular weight is 543 g/mol. The Balaban J connectivity index is 2.72. The molecule has 3 aromatic rings. The van der Waals surface area contributed by atoms with Gasteiger partial charge in [0.15, 0.2) is 0 Å². The Kier molecular flexibility index (Phi) is 8.09. The molecule has 0 aliphatic rings. The van der Waals surface area contributed by atoms with Gasteiger partial charge in [-0.05, 0) is 130 Å². The number of rotatable bonds is 4. The quantitative estimate of drug-likeness (QED) is 0.227. The van der Waals surface area contributed by atoms with Crippen molar-refractivity contribution in [2.45, 2.75) is 112 Å². The van der Waals surface area contributed by atoms with Crippen LogP contribution >= 0.6 is 0 Å². The van der Waals surface area contributed by atoms with E-state index in [-0.39, 0.29) is 16.2 Å². The molecule has 216 valence electrons. The third-order valence-corrected chi connectivity index (χ3v) is 8.14. The van der Waals surface area contributed by atoms with E-state index in [0.29, 0.717) is 17.2 Å². The third-order valence-electron chi connectivity index (χ3n) is 8.14. The molecule has 0 saturated heterocycles. The molecule has 0 radical (unpaired) electrons. The molecule has 0 fully saturated rings. The summed E-state index contributed by atoms with van der Waals surface area (Å²) in [4.78, 5) is 0. The van der Waals surface area contributed by atoms with E-state index in [9.17, 15) is 15.3 Å². The summed E-state index contributed by atoms with van der Waals surface area (Å²) in [5.74, 6) is 0.872. The van der Waals surface area contributed by atoms with Crippen LogP contribution in [0.1, 0.15) is 119 Å². The summed E-state index contributed by atoms with van der Waals surface area (Å²) in [5, 5.41) is 33.3. The topological polar surface area (TPSA) is 60.7 Å². The Hall–Kier alpha value is -3.20. The van der Waals surface area contributed by atoms with Crippen LogP contribution in [-0.4, -0.2) is 15.3 Å². The minimum Gasteiger partial charge on any atom is -0.508 e. The van der Waals surface area contributed by atoms with Crippen LogP contribution in [0.15, 0.2) is 48.6 Å². The van der Waals surface area contributed by atoms with Crippen LogP contribution in [0.3, 0.4) is 0 Å². The lowest BCUT2D eigenvalue weighted by molar-refractivity contribution is 0.444. The van der Waals surface area contributed by atoms with Crippen molar-refractivity contribution in [3.63, 3.8) is 0 Å². The first-order chi connectivity index (χ1) is 18.2. The van der Waals surface area contributed by atoms with E-state index in [1.807, 2.05) is 25.1 Å². The van der Waals surface area contributed by atoms with Crippen LogP contribution < -0.4 is 0 Å². The molecule has 3 aromatic carbocycles. The molecule has 0 atom stereocenters. The fourth-order valence-corrected chi connectivity index (χ4v) is 6.11. The van der Waals surface area contributed by atoms with E-state index in [1.54, 1.807) is 0 Å². The Bertz CT molecular complexity index is 1280. The molecule has 0 heterocycles. The van der Waals surface area contributed by atoms with Gasteiger partial charge in [0, 0.05) is 0 Å². The van der Waals surface area contributed by atoms with Gasteiger partial charge in [0.05, 0.1) is 5.41 Å². The number of phenols is 3. The number of hydrogen-bond acceptors (Lipinski definition) is 3. The summed E-state index contributed by atoms with van der Waals surface area (Å²) < 4.78 is 0. The van der Waals surface area contributed by atoms with E-state index in [0.717, 1.165) is 50.1 Å². The van der Waals surface area contributed by atoms with E-state index in [4.69, 9.17) is 0 Å². The number of hydrogen-bond donors (Lipinski definition) is 3. The van der Waals surface area contributed by atoms with Crippen LogP contribution in [0.5, 0.6) is 17.2 Å². The SMILES string of the molecule is CC=CC(c1cc(C(C)(C)C)c(O)cc1C)(c1cc(C(C)(C)C)c(O)cc1C)c1cc(C(C)(C)C)c(O)cc1C. The van der Waals surface area contributed by atoms with E-state index in [2.05, 4.69) is 113 Å². The second-order valence-corrected chi connectivity index (χ2v) is 14.6. The molecule has 3 rings (SSSR count). The lowest BCUT2D eigenvalue weighted by Gasteiger charge is -2.40. The fraction of sp³-hybridized carbons (Fsp3) is 0.459. The highest BCUT2D eigenvalue weighted by Crippen LogP contribution is 2.50. The molecule has 0 aromatic heterocycles. The second-order valence-electron chi connectivity index (χ2n) is 14.6. The van der Waals surface area contributed by atoms with E-state index in [1.165, 1.54) is 0 Å². The third kappa shape index (κ3) is 5.53. The lowest BCUT2D eigenvalue weighted by Crippen LogP contribution is -2.32. The molecular formula is C37H50O3. The molecule has 0 aliphatic carbocycles. The number of allylic oxidation sites excluding steroid dienone is 2. The van der Waals surface area contributed by atoms with Crippen LogP contribution in [0.4, 0.5) is 0 Å². The van der Waals surface area contributed by atoms with Crippen molar-refractivity contribution in [2.75, 3.05) is 0 Å². The molecule has 0 bridgehead atoms. The minimum absolute atomic E-state index is 0.282. The maximum absolute atomic E-state index is 11.1. The molecule has 0 amide bonds. The Morgan fingerprint density at radius 2 is 0.700 bits per heavy atom. The molecule has 3 heteroatoms. The summed E-state index contributed by atoms with van der Waals surface area (Å²) in [6, 6.07) is 12.1. The van der Waals surface area contributed by atoms with Crippen molar-refractivity contribution in [3.05, 3.63) is 98.6 Å². The lowest BCUT2D eigenvalue weighted by atomic mass is 9.63. The van der Waals surface area contributed by atoms with Crippen molar-refractivity contribution in [1.29, 1.82) is 0 Å². The highest BCUT2D eigenvalue weighted by Gasteiger charge is 2.41. The van der Waals surface area contributed by atoms with Gasteiger partial charge in [-0.1, -0.05) is 74.5 Å². The van der Waals surface area contributed by atoms with Crippen molar-refractivity contribution in [3.8, 4) is 17.2 Å². The number of benzene rings is 3. The smallest absolute Gasteiger partial charge is 0.119 e.